The van der Waals surface area contributed by atoms with E-state index in [0.29, 0.717) is 11.1 Å². The van der Waals surface area contributed by atoms with E-state index in [9.17, 15) is 9.90 Å². The molecule has 1 aromatic rings. The van der Waals surface area contributed by atoms with Gasteiger partial charge in [0.05, 0.1) is 12.2 Å². The summed E-state index contributed by atoms with van der Waals surface area (Å²) in [5, 5.41) is 18.8. The van der Waals surface area contributed by atoms with Crippen LogP contribution >= 0.6 is 0 Å². The largest absolute Gasteiger partial charge is 0.507 e. The van der Waals surface area contributed by atoms with Crippen LogP contribution in [0.15, 0.2) is 36.4 Å². The van der Waals surface area contributed by atoms with Crippen molar-refractivity contribution in [3.8, 4) is 5.75 Å². The number of ketones is 1. The molecule has 2 N–H and O–H groups in total. The molecule has 1 aromatic carbocycles. The number of allylic oxidation sites excluding steroid dienone is 1. The number of carbonyl (C=O) groups is 1. The highest BCUT2D eigenvalue weighted by atomic mass is 16.3. The Morgan fingerprint density at radius 3 is 2.67 bits per heavy atom. The summed E-state index contributed by atoms with van der Waals surface area (Å²) in [6.45, 7) is 3.31. The number of benzene rings is 1. The van der Waals surface area contributed by atoms with Crippen molar-refractivity contribution in [2.24, 2.45) is 5.92 Å². The molecular weight excluding hydrogens is 228 g/mol. The van der Waals surface area contributed by atoms with Crippen LogP contribution in [0.25, 0.3) is 6.08 Å². The summed E-state index contributed by atoms with van der Waals surface area (Å²) in [7, 11) is 0. The molecule has 0 aliphatic carbocycles. The number of phenols is 1. The Morgan fingerprint density at radius 2 is 2.11 bits per heavy atom. The van der Waals surface area contributed by atoms with Crippen molar-refractivity contribution < 1.29 is 15.0 Å². The Balaban J connectivity index is 3.07. The number of hydrogen-bond acceptors (Lipinski definition) is 3. The van der Waals surface area contributed by atoms with Gasteiger partial charge in [0.15, 0.2) is 5.78 Å². The van der Waals surface area contributed by atoms with E-state index in [1.807, 2.05) is 19.1 Å². The lowest BCUT2D eigenvalue weighted by molar-refractivity contribution is 0.101. The van der Waals surface area contributed by atoms with E-state index in [0.717, 1.165) is 0 Å². The summed E-state index contributed by atoms with van der Waals surface area (Å²) in [6, 6.07) is 4.94. The van der Waals surface area contributed by atoms with Gasteiger partial charge in [-0.15, -0.1) is 0 Å². The Labute approximate surface area is 107 Å². The van der Waals surface area contributed by atoms with E-state index in [4.69, 9.17) is 5.11 Å². The Hall–Kier alpha value is -1.87. The van der Waals surface area contributed by atoms with Crippen LogP contribution in [0.3, 0.4) is 0 Å². The van der Waals surface area contributed by atoms with Crippen LogP contribution in [0.1, 0.15) is 29.8 Å². The summed E-state index contributed by atoms with van der Waals surface area (Å²) in [5.41, 5.74) is 0.969. The van der Waals surface area contributed by atoms with E-state index in [-0.39, 0.29) is 24.1 Å². The average molecular weight is 246 g/mol. The lowest BCUT2D eigenvalue weighted by atomic mass is 10.0. The molecule has 0 amide bonds. The fourth-order valence-electron chi connectivity index (χ4n) is 1.74. The molecule has 3 heteroatoms. The molecule has 0 spiro atoms. The van der Waals surface area contributed by atoms with E-state index >= 15 is 0 Å². The number of rotatable bonds is 5. The minimum atomic E-state index is -0.181. The molecular formula is C15H18O3. The molecule has 96 valence electrons. The summed E-state index contributed by atoms with van der Waals surface area (Å²) >= 11 is 0. The zero-order valence-corrected chi connectivity index (χ0v) is 10.6. The lowest BCUT2D eigenvalue weighted by Gasteiger charge is -2.06. The zero-order chi connectivity index (χ0) is 13.5. The van der Waals surface area contributed by atoms with Gasteiger partial charge in [0.2, 0.25) is 0 Å². The van der Waals surface area contributed by atoms with Gasteiger partial charge in [-0.3, -0.25) is 4.79 Å². The van der Waals surface area contributed by atoms with Crippen LogP contribution in [0, 0.1) is 5.92 Å². The van der Waals surface area contributed by atoms with Gasteiger partial charge >= 0.3 is 0 Å². The molecule has 0 unspecified atom stereocenters. The lowest BCUT2D eigenvalue weighted by Crippen LogP contribution is -1.99. The first-order chi connectivity index (χ1) is 8.60. The van der Waals surface area contributed by atoms with Crippen molar-refractivity contribution in [2.45, 2.75) is 13.8 Å². The molecule has 0 heterocycles. The monoisotopic (exact) mass is 246 g/mol. The molecule has 0 aliphatic rings. The SMILES string of the molecule is C/C=C/[C@H](/C=C/c1cccc(O)c1C(C)=O)CO. The Kier molecular flexibility index (Phi) is 5.33. The number of aliphatic hydroxyl groups is 1. The van der Waals surface area contributed by atoms with Gasteiger partial charge in [0.25, 0.3) is 0 Å². The summed E-state index contributed by atoms with van der Waals surface area (Å²) in [5.74, 6) is -0.285. The molecule has 0 bridgehead atoms. The van der Waals surface area contributed by atoms with Gasteiger partial charge in [-0.25, -0.2) is 0 Å². The number of hydrogen-bond donors (Lipinski definition) is 2. The maximum Gasteiger partial charge on any atom is 0.164 e. The molecule has 18 heavy (non-hydrogen) atoms. The van der Waals surface area contributed by atoms with Crippen molar-refractivity contribution in [3.63, 3.8) is 0 Å². The minimum Gasteiger partial charge on any atom is -0.507 e. The van der Waals surface area contributed by atoms with Gasteiger partial charge in [0.1, 0.15) is 5.75 Å². The minimum absolute atomic E-state index is 0.00899. The first kappa shape index (κ1) is 14.2. The topological polar surface area (TPSA) is 57.5 Å². The molecule has 1 atom stereocenters. The molecule has 0 radical (unpaired) electrons. The normalized spacial score (nSPS) is 13.3. The van der Waals surface area contributed by atoms with Gasteiger partial charge < -0.3 is 10.2 Å². The molecule has 0 aliphatic heterocycles. The number of Topliss-reactive ketones (excluding diaryl/α,β-unsaturated/α-hetero) is 1. The van der Waals surface area contributed by atoms with Crippen LogP contribution < -0.4 is 0 Å². The van der Waals surface area contributed by atoms with Crippen LogP contribution in [0.5, 0.6) is 5.75 Å². The number of aliphatic hydroxyl groups excluding tert-OH is 1. The second-order valence-electron chi connectivity index (χ2n) is 4.03. The molecule has 3 nitrogen and oxygen atoms in total. The highest BCUT2D eigenvalue weighted by molar-refractivity contribution is 6.00. The average Bonchev–Trinajstić information content (AvgIpc) is 2.33. The fourth-order valence-corrected chi connectivity index (χ4v) is 1.74. The van der Waals surface area contributed by atoms with Crippen molar-refractivity contribution in [1.29, 1.82) is 0 Å². The Bertz CT molecular complexity index is 473. The third-order valence-electron chi connectivity index (χ3n) is 2.60. The van der Waals surface area contributed by atoms with Crippen molar-refractivity contribution in [1.82, 2.24) is 0 Å². The highest BCUT2D eigenvalue weighted by Crippen LogP contribution is 2.23. The molecule has 1 rings (SSSR count). The van der Waals surface area contributed by atoms with E-state index in [1.54, 1.807) is 24.3 Å². The third-order valence-corrected chi connectivity index (χ3v) is 2.60. The quantitative estimate of drug-likeness (QED) is 0.620. The summed E-state index contributed by atoms with van der Waals surface area (Å²) in [6.07, 6.45) is 7.28. The third kappa shape index (κ3) is 3.57. The van der Waals surface area contributed by atoms with E-state index in [2.05, 4.69) is 0 Å². The second kappa shape index (κ2) is 6.77. The van der Waals surface area contributed by atoms with Crippen LogP contribution in [0.2, 0.25) is 0 Å². The number of phenolic OH excluding ortho intramolecular Hbond substituents is 1. The number of aromatic hydroxyl groups is 1. The van der Waals surface area contributed by atoms with Crippen molar-refractivity contribution in [3.05, 3.63) is 47.6 Å². The molecule has 0 aromatic heterocycles. The molecule has 0 saturated heterocycles. The predicted molar refractivity (Wildman–Crippen MR) is 72.5 cm³/mol. The first-order valence-electron chi connectivity index (χ1n) is 5.85. The standard InChI is InChI=1S/C15H18O3/c1-3-5-12(10-16)8-9-13-6-4-7-14(18)15(13)11(2)17/h3-9,12,16,18H,10H2,1-2H3/b5-3+,9-8+/t12-/m1/s1. The maximum absolute atomic E-state index is 11.5. The van der Waals surface area contributed by atoms with E-state index < -0.39 is 0 Å². The van der Waals surface area contributed by atoms with Gasteiger partial charge in [-0.05, 0) is 25.5 Å². The second-order valence-corrected chi connectivity index (χ2v) is 4.03. The van der Waals surface area contributed by atoms with Gasteiger partial charge in [0, 0.05) is 5.92 Å². The summed E-state index contributed by atoms with van der Waals surface area (Å²) < 4.78 is 0. The highest BCUT2D eigenvalue weighted by Gasteiger charge is 2.10. The summed E-state index contributed by atoms with van der Waals surface area (Å²) in [4.78, 5) is 11.5. The molecule has 0 saturated carbocycles. The van der Waals surface area contributed by atoms with E-state index in [1.165, 1.54) is 13.0 Å². The van der Waals surface area contributed by atoms with Crippen molar-refractivity contribution in [2.75, 3.05) is 6.61 Å². The van der Waals surface area contributed by atoms with Crippen LogP contribution in [-0.4, -0.2) is 22.6 Å². The van der Waals surface area contributed by atoms with Gasteiger partial charge in [-0.1, -0.05) is 36.4 Å². The van der Waals surface area contributed by atoms with Crippen LogP contribution in [0.4, 0.5) is 0 Å². The zero-order valence-electron chi connectivity index (χ0n) is 10.6. The predicted octanol–water partition coefficient (Wildman–Crippen LogP) is 2.79. The van der Waals surface area contributed by atoms with Crippen molar-refractivity contribution >= 4 is 11.9 Å². The maximum atomic E-state index is 11.5. The molecule has 0 fully saturated rings. The van der Waals surface area contributed by atoms with Crippen LogP contribution in [-0.2, 0) is 0 Å². The van der Waals surface area contributed by atoms with Gasteiger partial charge in [-0.2, -0.15) is 0 Å². The fraction of sp³-hybridized carbons (Fsp3) is 0.267. The smallest absolute Gasteiger partial charge is 0.164 e. The first-order valence-corrected chi connectivity index (χ1v) is 5.85. The Morgan fingerprint density at radius 1 is 1.39 bits per heavy atom. The number of carbonyl (C=O) groups excluding carboxylic acids is 1.